The summed E-state index contributed by atoms with van der Waals surface area (Å²) in [6.07, 6.45) is 8.71. The maximum Gasteiger partial charge on any atom is 0.0521 e. The van der Waals surface area contributed by atoms with Gasteiger partial charge in [0.1, 0.15) is 0 Å². The molecule has 0 atom stereocenters. The van der Waals surface area contributed by atoms with Crippen LogP contribution in [0.25, 0.3) is 0 Å². The lowest BCUT2D eigenvalue weighted by Gasteiger charge is -2.20. The molecule has 1 aliphatic heterocycles. The third kappa shape index (κ3) is 2.26. The molecular weight excluding hydrogens is 222 g/mol. The van der Waals surface area contributed by atoms with Gasteiger partial charge in [-0.25, -0.2) is 0 Å². The Bertz CT molecular complexity index is 542. The first kappa shape index (κ1) is 11.3. The predicted octanol–water partition coefficient (Wildman–Crippen LogP) is 2.56. The summed E-state index contributed by atoms with van der Waals surface area (Å²) in [4.78, 5) is 0. The maximum absolute atomic E-state index is 4.22. The summed E-state index contributed by atoms with van der Waals surface area (Å²) < 4.78 is 1.87. The molecule has 0 unspecified atom stereocenters. The summed E-state index contributed by atoms with van der Waals surface area (Å²) in [5.74, 6) is 0. The zero-order valence-electron chi connectivity index (χ0n) is 10.8. The SMILES string of the molecule is Cn1cc(CCc2cccc3c2CCCN3)cn1. The van der Waals surface area contributed by atoms with Crippen LogP contribution < -0.4 is 5.32 Å². The minimum atomic E-state index is 1.07. The first-order valence-corrected chi connectivity index (χ1v) is 6.65. The predicted molar refractivity (Wildman–Crippen MR) is 73.9 cm³/mol. The summed E-state index contributed by atoms with van der Waals surface area (Å²) in [5.41, 5.74) is 5.67. The fourth-order valence-electron chi connectivity index (χ4n) is 2.70. The molecule has 2 heterocycles. The van der Waals surface area contributed by atoms with E-state index in [1.165, 1.54) is 35.2 Å². The smallest absolute Gasteiger partial charge is 0.0521 e. The Morgan fingerprint density at radius 1 is 1.33 bits per heavy atom. The van der Waals surface area contributed by atoms with E-state index in [1.54, 1.807) is 0 Å². The van der Waals surface area contributed by atoms with Crippen molar-refractivity contribution in [2.45, 2.75) is 25.7 Å². The number of benzene rings is 1. The summed E-state index contributed by atoms with van der Waals surface area (Å²) in [5, 5.41) is 7.71. The molecule has 1 aromatic heterocycles. The van der Waals surface area contributed by atoms with Gasteiger partial charge in [-0.3, -0.25) is 4.68 Å². The molecule has 3 rings (SSSR count). The molecular formula is C15H19N3. The van der Waals surface area contributed by atoms with Gasteiger partial charge in [0.05, 0.1) is 6.20 Å². The molecule has 0 aliphatic carbocycles. The van der Waals surface area contributed by atoms with Gasteiger partial charge in [-0.15, -0.1) is 0 Å². The van der Waals surface area contributed by atoms with Gasteiger partial charge in [-0.1, -0.05) is 12.1 Å². The van der Waals surface area contributed by atoms with Crippen LogP contribution in [0, 0.1) is 0 Å². The van der Waals surface area contributed by atoms with E-state index in [2.05, 4.69) is 34.8 Å². The molecule has 3 nitrogen and oxygen atoms in total. The molecule has 1 aromatic carbocycles. The van der Waals surface area contributed by atoms with Crippen molar-refractivity contribution in [3.8, 4) is 0 Å². The molecule has 0 spiro atoms. The number of aromatic nitrogens is 2. The fraction of sp³-hybridized carbons (Fsp3) is 0.400. The Morgan fingerprint density at radius 3 is 3.11 bits per heavy atom. The van der Waals surface area contributed by atoms with Crippen molar-refractivity contribution in [2.75, 3.05) is 11.9 Å². The van der Waals surface area contributed by atoms with E-state index < -0.39 is 0 Å². The normalized spacial score (nSPS) is 14.1. The molecule has 2 aromatic rings. The standard InChI is InChI=1S/C15H19N3/c1-18-11-12(10-17-18)7-8-13-4-2-6-15-14(13)5-3-9-16-15/h2,4,6,10-11,16H,3,5,7-9H2,1H3. The Hall–Kier alpha value is -1.77. The van der Waals surface area contributed by atoms with Crippen molar-refractivity contribution in [3.63, 3.8) is 0 Å². The highest BCUT2D eigenvalue weighted by Crippen LogP contribution is 2.26. The van der Waals surface area contributed by atoms with Gasteiger partial charge in [-0.2, -0.15) is 5.10 Å². The van der Waals surface area contributed by atoms with E-state index in [-0.39, 0.29) is 0 Å². The second-order valence-electron chi connectivity index (χ2n) is 5.00. The molecule has 0 fully saturated rings. The first-order valence-electron chi connectivity index (χ1n) is 6.65. The molecule has 1 N–H and O–H groups in total. The molecule has 0 radical (unpaired) electrons. The van der Waals surface area contributed by atoms with Crippen molar-refractivity contribution < 1.29 is 0 Å². The largest absolute Gasteiger partial charge is 0.385 e. The number of anilines is 1. The Balaban J connectivity index is 1.76. The topological polar surface area (TPSA) is 29.9 Å². The molecule has 0 bridgehead atoms. The number of nitrogens with zero attached hydrogens (tertiary/aromatic N) is 2. The van der Waals surface area contributed by atoms with Crippen LogP contribution >= 0.6 is 0 Å². The number of rotatable bonds is 3. The van der Waals surface area contributed by atoms with Gasteiger partial charge >= 0.3 is 0 Å². The highest BCUT2D eigenvalue weighted by molar-refractivity contribution is 5.56. The number of nitrogens with one attached hydrogen (secondary N) is 1. The number of aryl methyl sites for hydroxylation is 3. The zero-order chi connectivity index (χ0) is 12.4. The molecule has 18 heavy (non-hydrogen) atoms. The zero-order valence-corrected chi connectivity index (χ0v) is 10.8. The van der Waals surface area contributed by atoms with Gasteiger partial charge in [0.2, 0.25) is 0 Å². The van der Waals surface area contributed by atoms with Crippen LogP contribution in [0.1, 0.15) is 23.1 Å². The summed E-state index contributed by atoms with van der Waals surface area (Å²) in [6, 6.07) is 6.62. The highest BCUT2D eigenvalue weighted by Gasteiger charge is 2.12. The van der Waals surface area contributed by atoms with Crippen molar-refractivity contribution in [3.05, 3.63) is 47.3 Å². The minimum Gasteiger partial charge on any atom is -0.385 e. The quantitative estimate of drug-likeness (QED) is 0.895. The van der Waals surface area contributed by atoms with Crippen LogP contribution in [0.4, 0.5) is 5.69 Å². The summed E-state index contributed by atoms with van der Waals surface area (Å²) in [6.45, 7) is 1.11. The third-order valence-corrected chi connectivity index (χ3v) is 3.63. The van der Waals surface area contributed by atoms with E-state index in [9.17, 15) is 0 Å². The highest BCUT2D eigenvalue weighted by atomic mass is 15.2. The van der Waals surface area contributed by atoms with Crippen molar-refractivity contribution in [1.29, 1.82) is 0 Å². The van der Waals surface area contributed by atoms with Crippen LogP contribution in [0.2, 0.25) is 0 Å². The van der Waals surface area contributed by atoms with E-state index in [1.807, 2.05) is 17.9 Å². The monoisotopic (exact) mass is 241 g/mol. The molecule has 0 saturated carbocycles. The number of hydrogen-bond acceptors (Lipinski definition) is 2. The fourth-order valence-corrected chi connectivity index (χ4v) is 2.70. The molecule has 94 valence electrons. The van der Waals surface area contributed by atoms with E-state index >= 15 is 0 Å². The second kappa shape index (κ2) is 4.84. The minimum absolute atomic E-state index is 1.07. The lowest BCUT2D eigenvalue weighted by atomic mass is 9.94. The van der Waals surface area contributed by atoms with Crippen LogP contribution in [0.3, 0.4) is 0 Å². The van der Waals surface area contributed by atoms with E-state index in [0.717, 1.165) is 19.4 Å². The summed E-state index contributed by atoms with van der Waals surface area (Å²) >= 11 is 0. The van der Waals surface area contributed by atoms with Crippen LogP contribution in [-0.2, 0) is 26.3 Å². The lowest BCUT2D eigenvalue weighted by molar-refractivity contribution is 0.766. The van der Waals surface area contributed by atoms with E-state index in [0.29, 0.717) is 0 Å². The van der Waals surface area contributed by atoms with Crippen molar-refractivity contribution >= 4 is 5.69 Å². The van der Waals surface area contributed by atoms with Crippen molar-refractivity contribution in [1.82, 2.24) is 9.78 Å². The van der Waals surface area contributed by atoms with Crippen LogP contribution in [0.5, 0.6) is 0 Å². The maximum atomic E-state index is 4.22. The average Bonchev–Trinajstić information content (AvgIpc) is 2.82. The number of fused-ring (bicyclic) bond motifs is 1. The molecule has 3 heteroatoms. The Morgan fingerprint density at radius 2 is 2.28 bits per heavy atom. The second-order valence-corrected chi connectivity index (χ2v) is 5.00. The lowest BCUT2D eigenvalue weighted by Crippen LogP contribution is -2.13. The van der Waals surface area contributed by atoms with Gasteiger partial charge in [-0.05, 0) is 48.4 Å². The van der Waals surface area contributed by atoms with Gasteiger partial charge in [0.15, 0.2) is 0 Å². The van der Waals surface area contributed by atoms with Gasteiger partial charge in [0.25, 0.3) is 0 Å². The third-order valence-electron chi connectivity index (χ3n) is 3.63. The summed E-state index contributed by atoms with van der Waals surface area (Å²) in [7, 11) is 1.97. The van der Waals surface area contributed by atoms with Gasteiger partial charge in [0, 0.05) is 25.5 Å². The van der Waals surface area contributed by atoms with Crippen molar-refractivity contribution in [2.24, 2.45) is 7.05 Å². The average molecular weight is 241 g/mol. The molecule has 0 saturated heterocycles. The molecule has 0 amide bonds. The van der Waals surface area contributed by atoms with Crippen LogP contribution in [0.15, 0.2) is 30.6 Å². The van der Waals surface area contributed by atoms with Gasteiger partial charge < -0.3 is 5.32 Å². The Kier molecular flexibility index (Phi) is 3.05. The molecule has 1 aliphatic rings. The Labute approximate surface area is 108 Å². The van der Waals surface area contributed by atoms with E-state index in [4.69, 9.17) is 0 Å². The first-order chi connectivity index (χ1) is 8.83. The number of hydrogen-bond donors (Lipinski definition) is 1. The van der Waals surface area contributed by atoms with Crippen LogP contribution in [-0.4, -0.2) is 16.3 Å².